The van der Waals surface area contributed by atoms with Gasteiger partial charge in [0.1, 0.15) is 6.67 Å². The van der Waals surface area contributed by atoms with Crippen LogP contribution in [0.15, 0.2) is 169 Å². The Hall–Kier alpha value is -6.43. The van der Waals surface area contributed by atoms with E-state index >= 15 is 0 Å². The molecule has 3 heterocycles. The van der Waals surface area contributed by atoms with Crippen LogP contribution in [0.2, 0.25) is 0 Å². The van der Waals surface area contributed by atoms with Crippen molar-refractivity contribution in [3.63, 3.8) is 0 Å². The van der Waals surface area contributed by atoms with Crippen molar-refractivity contribution in [1.82, 2.24) is 9.13 Å². The van der Waals surface area contributed by atoms with Gasteiger partial charge in [0.25, 0.3) is 0 Å². The number of fused-ring (bicyclic) bond motifs is 9. The molecule has 4 nitrogen and oxygen atoms in total. The molecule has 5 heteroatoms. The summed E-state index contributed by atoms with van der Waals surface area (Å²) in [5.74, 6) is 0. The highest BCUT2D eigenvalue weighted by Crippen LogP contribution is 2.41. The maximum Gasteiger partial charge on any atom is 0.114 e. The standard InChI is InChI=1S/C46H32N4S/c47-40(31-11-9-12-32(27-31)50-43-20-6-2-13-34(43)35-14-3-7-21-44(35)50)25-26-48-29-49-41-19-5-1-15-36(41)39-28-30(23-24-42(39)49)33-17-10-18-38-37-16-4-8-22-45(37)51-46(33)38/h1-28H,29,47H2/b40-25-,48-26?. The minimum absolute atomic E-state index is 0.487. The van der Waals surface area contributed by atoms with Crippen molar-refractivity contribution in [2.75, 3.05) is 0 Å². The summed E-state index contributed by atoms with van der Waals surface area (Å²) in [7, 11) is 0. The molecule has 0 saturated heterocycles. The molecule has 0 aliphatic rings. The minimum atomic E-state index is 0.487. The van der Waals surface area contributed by atoms with Crippen LogP contribution in [-0.2, 0) is 6.67 Å². The highest BCUT2D eigenvalue weighted by atomic mass is 32.1. The minimum Gasteiger partial charge on any atom is -0.398 e. The molecule has 0 radical (unpaired) electrons. The third-order valence-corrected chi connectivity index (χ3v) is 11.3. The molecule has 0 saturated carbocycles. The first-order valence-electron chi connectivity index (χ1n) is 17.2. The number of para-hydroxylation sites is 3. The molecule has 3 aromatic heterocycles. The van der Waals surface area contributed by atoms with Crippen LogP contribution >= 0.6 is 11.3 Å². The lowest BCUT2D eigenvalue weighted by atomic mass is 10.0. The second-order valence-electron chi connectivity index (χ2n) is 13.0. The normalized spacial score (nSPS) is 12.5. The Morgan fingerprint density at radius 2 is 1.20 bits per heavy atom. The van der Waals surface area contributed by atoms with Crippen LogP contribution in [0, 0.1) is 0 Å². The number of nitrogens with two attached hydrogens (primary N) is 1. The quantitative estimate of drug-likeness (QED) is 0.176. The number of aliphatic imine (C=N–C) groups is 1. The van der Waals surface area contributed by atoms with E-state index in [1.165, 1.54) is 63.9 Å². The molecular formula is C46H32N4S. The third kappa shape index (κ3) is 4.78. The van der Waals surface area contributed by atoms with Crippen molar-refractivity contribution in [3.05, 3.63) is 169 Å². The van der Waals surface area contributed by atoms with Crippen molar-refractivity contribution in [1.29, 1.82) is 0 Å². The van der Waals surface area contributed by atoms with Crippen LogP contribution in [0.3, 0.4) is 0 Å². The molecule has 10 rings (SSSR count). The number of nitrogens with zero attached hydrogens (tertiary/aromatic N) is 3. The first-order chi connectivity index (χ1) is 25.2. The van der Waals surface area contributed by atoms with Gasteiger partial charge in [0.2, 0.25) is 0 Å². The summed E-state index contributed by atoms with van der Waals surface area (Å²) in [5.41, 5.74) is 16.6. The van der Waals surface area contributed by atoms with E-state index in [4.69, 9.17) is 10.7 Å². The van der Waals surface area contributed by atoms with Crippen LogP contribution in [0.5, 0.6) is 0 Å². The zero-order valence-electron chi connectivity index (χ0n) is 27.7. The second-order valence-corrected chi connectivity index (χ2v) is 14.0. The van der Waals surface area contributed by atoms with Crippen LogP contribution in [0.1, 0.15) is 5.56 Å². The van der Waals surface area contributed by atoms with E-state index in [2.05, 4.69) is 167 Å². The summed E-state index contributed by atoms with van der Waals surface area (Å²) in [6.45, 7) is 0.487. The molecule has 0 fully saturated rings. The number of hydrogen-bond donors (Lipinski definition) is 1. The van der Waals surface area contributed by atoms with Crippen LogP contribution in [0.4, 0.5) is 0 Å². The molecule has 0 aliphatic heterocycles. The predicted molar refractivity (Wildman–Crippen MR) is 219 cm³/mol. The molecule has 2 N–H and O–H groups in total. The van der Waals surface area contributed by atoms with Crippen LogP contribution in [-0.4, -0.2) is 15.3 Å². The summed E-state index contributed by atoms with van der Waals surface area (Å²) in [6, 6.07) is 56.3. The zero-order chi connectivity index (χ0) is 33.9. The monoisotopic (exact) mass is 672 g/mol. The van der Waals surface area contributed by atoms with Crippen molar-refractivity contribution >= 4 is 87.0 Å². The fourth-order valence-corrected chi connectivity index (χ4v) is 8.97. The molecule has 51 heavy (non-hydrogen) atoms. The fourth-order valence-electron chi connectivity index (χ4n) is 7.73. The van der Waals surface area contributed by atoms with E-state index in [0.29, 0.717) is 12.4 Å². The first-order valence-corrected chi connectivity index (χ1v) is 18.0. The topological polar surface area (TPSA) is 48.2 Å². The van der Waals surface area contributed by atoms with E-state index in [-0.39, 0.29) is 0 Å². The number of allylic oxidation sites excluding steroid dienone is 1. The lowest BCUT2D eigenvalue weighted by Crippen LogP contribution is -2.00. The van der Waals surface area contributed by atoms with Gasteiger partial charge in [0.15, 0.2) is 0 Å². The predicted octanol–water partition coefficient (Wildman–Crippen LogP) is 12.0. The highest BCUT2D eigenvalue weighted by Gasteiger charge is 2.15. The van der Waals surface area contributed by atoms with Crippen molar-refractivity contribution < 1.29 is 0 Å². The maximum absolute atomic E-state index is 6.67. The van der Waals surface area contributed by atoms with Gasteiger partial charge in [0, 0.05) is 59.3 Å². The van der Waals surface area contributed by atoms with Gasteiger partial charge in [-0.2, -0.15) is 0 Å². The molecule has 0 unspecified atom stereocenters. The Labute approximate surface area is 298 Å². The summed E-state index contributed by atoms with van der Waals surface area (Å²) in [6.07, 6.45) is 3.74. The lowest BCUT2D eigenvalue weighted by Gasteiger charge is -2.10. The average Bonchev–Trinajstić information content (AvgIpc) is 3.84. The van der Waals surface area contributed by atoms with Gasteiger partial charge >= 0.3 is 0 Å². The Bertz CT molecular complexity index is 2970. The second kappa shape index (κ2) is 11.9. The smallest absolute Gasteiger partial charge is 0.114 e. The van der Waals surface area contributed by atoms with Crippen LogP contribution < -0.4 is 5.73 Å². The molecular weight excluding hydrogens is 641 g/mol. The number of thiophene rings is 1. The Morgan fingerprint density at radius 3 is 1.98 bits per heavy atom. The van der Waals surface area contributed by atoms with Crippen molar-refractivity contribution in [3.8, 4) is 16.8 Å². The molecule has 7 aromatic carbocycles. The number of aromatic nitrogens is 2. The summed E-state index contributed by atoms with van der Waals surface area (Å²) in [5, 5.41) is 7.57. The van der Waals surface area contributed by atoms with Gasteiger partial charge in [-0.15, -0.1) is 11.3 Å². The highest BCUT2D eigenvalue weighted by molar-refractivity contribution is 7.26. The fraction of sp³-hybridized carbons (Fsp3) is 0.0217. The maximum atomic E-state index is 6.67. The van der Waals surface area contributed by atoms with E-state index in [0.717, 1.165) is 22.3 Å². The van der Waals surface area contributed by atoms with Gasteiger partial charge in [-0.05, 0) is 71.3 Å². The summed E-state index contributed by atoms with van der Waals surface area (Å²) in [4.78, 5) is 4.86. The molecule has 0 atom stereocenters. The lowest BCUT2D eigenvalue weighted by molar-refractivity contribution is 0.796. The molecule has 242 valence electrons. The van der Waals surface area contributed by atoms with Gasteiger partial charge in [-0.3, -0.25) is 4.99 Å². The number of rotatable bonds is 6. The van der Waals surface area contributed by atoms with Gasteiger partial charge < -0.3 is 14.9 Å². The first kappa shape index (κ1) is 29.5. The van der Waals surface area contributed by atoms with E-state index in [9.17, 15) is 0 Å². The Kier molecular flexibility index (Phi) is 6.86. The molecule has 0 spiro atoms. The largest absolute Gasteiger partial charge is 0.398 e. The number of hydrogen-bond acceptors (Lipinski definition) is 3. The number of benzene rings is 7. The molecule has 0 aliphatic carbocycles. The Morgan fingerprint density at radius 1 is 0.569 bits per heavy atom. The van der Waals surface area contributed by atoms with Crippen molar-refractivity contribution in [2.24, 2.45) is 10.7 Å². The van der Waals surface area contributed by atoms with E-state index in [1.807, 2.05) is 23.6 Å². The van der Waals surface area contributed by atoms with E-state index in [1.54, 1.807) is 0 Å². The molecule has 0 amide bonds. The SMILES string of the molecule is N/C(=C\C=NCn1c2ccccc2c2cc(-c3cccc4c3sc3ccccc34)ccc21)c1cccc(-n2c3ccccc3c3ccccc32)c1. The van der Waals surface area contributed by atoms with Gasteiger partial charge in [0.05, 0.1) is 22.1 Å². The molecule has 10 aromatic rings. The summed E-state index contributed by atoms with van der Waals surface area (Å²) < 4.78 is 7.25. The Balaban J connectivity index is 0.977. The average molecular weight is 673 g/mol. The van der Waals surface area contributed by atoms with Gasteiger partial charge in [-0.1, -0.05) is 109 Å². The molecule has 0 bridgehead atoms. The zero-order valence-corrected chi connectivity index (χ0v) is 28.5. The van der Waals surface area contributed by atoms with Crippen molar-refractivity contribution in [2.45, 2.75) is 6.67 Å². The van der Waals surface area contributed by atoms with Gasteiger partial charge in [-0.25, -0.2) is 0 Å². The third-order valence-electron chi connectivity index (χ3n) is 10.1. The summed E-state index contributed by atoms with van der Waals surface area (Å²) >= 11 is 1.87. The van der Waals surface area contributed by atoms with Crippen LogP contribution in [0.25, 0.3) is 86.3 Å². The van der Waals surface area contributed by atoms with E-state index < -0.39 is 0 Å².